The lowest BCUT2D eigenvalue weighted by Gasteiger charge is -2.25. The molecule has 0 atom stereocenters. The highest BCUT2D eigenvalue weighted by molar-refractivity contribution is 7.17. The average Bonchev–Trinajstić information content (AvgIpc) is 2.99. The fourth-order valence-electron chi connectivity index (χ4n) is 1.85. The van der Waals surface area contributed by atoms with E-state index in [0.29, 0.717) is 16.7 Å². The van der Waals surface area contributed by atoms with Crippen LogP contribution in [0.25, 0.3) is 0 Å². The van der Waals surface area contributed by atoms with Gasteiger partial charge in [-0.15, -0.1) is 0 Å². The summed E-state index contributed by atoms with van der Waals surface area (Å²) in [5, 5.41) is 0.196. The molecule has 0 spiro atoms. The maximum atomic E-state index is 12.6. The number of rotatable bonds is 4. The number of halogens is 3. The summed E-state index contributed by atoms with van der Waals surface area (Å²) in [6.45, 7) is 4.94. The highest BCUT2D eigenvalue weighted by Crippen LogP contribution is 2.28. The molecule has 0 N–H and O–H groups in total. The van der Waals surface area contributed by atoms with Crippen LogP contribution in [-0.2, 0) is 17.5 Å². The molecule has 0 aliphatic heterocycles. The van der Waals surface area contributed by atoms with Gasteiger partial charge in [0.15, 0.2) is 11.4 Å². The zero-order chi connectivity index (χ0) is 19.5. The molecular weight excluding hydrogens is 371 g/mol. The molecule has 0 bridgehead atoms. The van der Waals surface area contributed by atoms with Gasteiger partial charge in [-0.3, -0.25) is 9.78 Å². The molecule has 0 radical (unpaired) electrons. The van der Waals surface area contributed by atoms with E-state index in [0.717, 1.165) is 28.5 Å². The van der Waals surface area contributed by atoms with E-state index in [1.165, 1.54) is 12.3 Å². The molecule has 0 aliphatic rings. The first-order chi connectivity index (χ1) is 12.0. The SMILES string of the molecule is CC(C)(C)OC(=O)N(Cc1ccc(C(F)(F)F)nc1)c1ncc(C=O)s1. The number of alkyl halides is 3. The molecule has 1 amide bonds. The number of carbonyl (C=O) groups is 2. The number of aromatic nitrogens is 2. The summed E-state index contributed by atoms with van der Waals surface area (Å²) < 4.78 is 43.2. The number of anilines is 1. The second kappa shape index (κ2) is 7.40. The van der Waals surface area contributed by atoms with Crippen molar-refractivity contribution < 1.29 is 27.5 Å². The molecule has 10 heteroatoms. The topological polar surface area (TPSA) is 72.4 Å². The summed E-state index contributed by atoms with van der Waals surface area (Å²) in [5.41, 5.74) is -1.45. The summed E-state index contributed by atoms with van der Waals surface area (Å²) in [6, 6.07) is 2.06. The van der Waals surface area contributed by atoms with Crippen molar-refractivity contribution in [3.63, 3.8) is 0 Å². The third-order valence-electron chi connectivity index (χ3n) is 2.93. The maximum absolute atomic E-state index is 12.6. The normalized spacial score (nSPS) is 11.9. The largest absolute Gasteiger partial charge is 0.443 e. The van der Waals surface area contributed by atoms with Crippen molar-refractivity contribution in [2.75, 3.05) is 4.90 Å². The minimum atomic E-state index is -4.54. The van der Waals surface area contributed by atoms with Crippen molar-refractivity contribution >= 4 is 28.8 Å². The van der Waals surface area contributed by atoms with Crippen LogP contribution >= 0.6 is 11.3 Å². The minimum Gasteiger partial charge on any atom is -0.443 e. The van der Waals surface area contributed by atoms with Crippen LogP contribution < -0.4 is 4.90 Å². The van der Waals surface area contributed by atoms with Gasteiger partial charge in [0.2, 0.25) is 0 Å². The standard InChI is InChI=1S/C16H16F3N3O3S/c1-15(2,3)25-14(24)22(13-21-7-11(9-23)26-13)8-10-4-5-12(20-6-10)16(17,18)19/h4-7,9H,8H2,1-3H3. The molecule has 0 fully saturated rings. The van der Waals surface area contributed by atoms with Crippen LogP contribution in [0.2, 0.25) is 0 Å². The Hall–Kier alpha value is -2.49. The van der Waals surface area contributed by atoms with Gasteiger partial charge in [0, 0.05) is 6.20 Å². The maximum Gasteiger partial charge on any atom is 0.433 e. The molecule has 6 nitrogen and oxygen atoms in total. The van der Waals surface area contributed by atoms with Crippen LogP contribution in [0.15, 0.2) is 24.5 Å². The van der Waals surface area contributed by atoms with Crippen LogP contribution in [0.1, 0.15) is 41.7 Å². The molecular formula is C16H16F3N3O3S. The van der Waals surface area contributed by atoms with Gasteiger partial charge in [0.05, 0.1) is 17.6 Å². The lowest BCUT2D eigenvalue weighted by Crippen LogP contribution is -2.36. The molecule has 2 aromatic rings. The van der Waals surface area contributed by atoms with Crippen LogP contribution in [0.4, 0.5) is 23.1 Å². The van der Waals surface area contributed by atoms with E-state index in [4.69, 9.17) is 4.74 Å². The Morgan fingerprint density at radius 1 is 1.23 bits per heavy atom. The number of amides is 1. The van der Waals surface area contributed by atoms with Gasteiger partial charge in [-0.2, -0.15) is 13.2 Å². The summed E-state index contributed by atoms with van der Waals surface area (Å²) in [5.74, 6) is 0. The van der Waals surface area contributed by atoms with E-state index in [-0.39, 0.29) is 11.7 Å². The number of ether oxygens (including phenoxy) is 1. The smallest absolute Gasteiger partial charge is 0.433 e. The Morgan fingerprint density at radius 3 is 2.38 bits per heavy atom. The quantitative estimate of drug-likeness (QED) is 0.731. The van der Waals surface area contributed by atoms with E-state index in [2.05, 4.69) is 9.97 Å². The number of hydrogen-bond donors (Lipinski definition) is 0. The second-order valence-corrected chi connectivity index (χ2v) is 7.32. The van der Waals surface area contributed by atoms with Gasteiger partial charge < -0.3 is 4.74 Å². The Balaban J connectivity index is 2.28. The van der Waals surface area contributed by atoms with Crippen LogP contribution in [-0.4, -0.2) is 27.9 Å². The van der Waals surface area contributed by atoms with E-state index in [1.807, 2.05) is 0 Å². The van der Waals surface area contributed by atoms with Gasteiger partial charge in [-0.05, 0) is 32.4 Å². The zero-order valence-electron chi connectivity index (χ0n) is 14.2. The first-order valence-electron chi connectivity index (χ1n) is 7.43. The Morgan fingerprint density at radius 2 is 1.92 bits per heavy atom. The van der Waals surface area contributed by atoms with Gasteiger partial charge in [-0.25, -0.2) is 14.7 Å². The minimum absolute atomic E-state index is 0.105. The number of hydrogen-bond acceptors (Lipinski definition) is 6. The predicted octanol–water partition coefficient (Wildman–Crippen LogP) is 4.31. The Labute approximate surface area is 151 Å². The average molecular weight is 387 g/mol. The van der Waals surface area contributed by atoms with Gasteiger partial charge >= 0.3 is 12.3 Å². The summed E-state index contributed by atoms with van der Waals surface area (Å²) >= 11 is 0.967. The van der Waals surface area contributed by atoms with E-state index < -0.39 is 23.6 Å². The number of pyridine rings is 1. The van der Waals surface area contributed by atoms with Crippen molar-refractivity contribution in [1.82, 2.24) is 9.97 Å². The number of thiazole rings is 1. The third kappa shape index (κ3) is 5.25. The lowest BCUT2D eigenvalue weighted by atomic mass is 10.2. The Bertz CT molecular complexity index is 783. The van der Waals surface area contributed by atoms with Crippen molar-refractivity contribution in [2.24, 2.45) is 0 Å². The molecule has 2 heterocycles. The molecule has 2 aromatic heterocycles. The first-order valence-corrected chi connectivity index (χ1v) is 8.25. The highest BCUT2D eigenvalue weighted by atomic mass is 32.1. The molecule has 0 saturated carbocycles. The van der Waals surface area contributed by atoms with Crippen molar-refractivity contribution in [3.8, 4) is 0 Å². The molecule has 0 saturated heterocycles. The third-order valence-corrected chi connectivity index (χ3v) is 3.87. The molecule has 140 valence electrons. The summed E-state index contributed by atoms with van der Waals surface area (Å²) in [4.78, 5) is 32.1. The van der Waals surface area contributed by atoms with Crippen LogP contribution in [0.5, 0.6) is 0 Å². The molecule has 0 aliphatic carbocycles. The Kier molecular flexibility index (Phi) is 5.65. The summed E-state index contributed by atoms with van der Waals surface area (Å²) in [7, 11) is 0. The number of nitrogens with zero attached hydrogens (tertiary/aromatic N) is 3. The fraction of sp³-hybridized carbons (Fsp3) is 0.375. The molecule has 0 unspecified atom stereocenters. The van der Waals surface area contributed by atoms with E-state index in [9.17, 15) is 22.8 Å². The van der Waals surface area contributed by atoms with Crippen molar-refractivity contribution in [1.29, 1.82) is 0 Å². The van der Waals surface area contributed by atoms with Gasteiger partial charge in [0.25, 0.3) is 0 Å². The van der Waals surface area contributed by atoms with E-state index >= 15 is 0 Å². The molecule has 0 aromatic carbocycles. The molecule has 2 rings (SSSR count). The van der Waals surface area contributed by atoms with Gasteiger partial charge in [0.1, 0.15) is 11.3 Å². The van der Waals surface area contributed by atoms with Crippen molar-refractivity contribution in [2.45, 2.75) is 39.1 Å². The van der Waals surface area contributed by atoms with Crippen LogP contribution in [0.3, 0.4) is 0 Å². The van der Waals surface area contributed by atoms with E-state index in [1.54, 1.807) is 20.8 Å². The predicted molar refractivity (Wildman–Crippen MR) is 89.2 cm³/mol. The van der Waals surface area contributed by atoms with Crippen LogP contribution in [0, 0.1) is 0 Å². The first kappa shape index (κ1) is 19.8. The summed E-state index contributed by atoms with van der Waals surface area (Å²) in [6.07, 6.45) is -2.35. The number of aldehydes is 1. The number of carbonyl (C=O) groups excluding carboxylic acids is 2. The lowest BCUT2D eigenvalue weighted by molar-refractivity contribution is -0.141. The van der Waals surface area contributed by atoms with Crippen molar-refractivity contribution in [3.05, 3.63) is 40.7 Å². The molecule has 26 heavy (non-hydrogen) atoms. The highest BCUT2D eigenvalue weighted by Gasteiger charge is 2.32. The fourth-order valence-corrected chi connectivity index (χ4v) is 2.57. The second-order valence-electron chi connectivity index (χ2n) is 6.28. The zero-order valence-corrected chi connectivity index (χ0v) is 15.0. The van der Waals surface area contributed by atoms with Gasteiger partial charge in [-0.1, -0.05) is 17.4 Å². The monoisotopic (exact) mass is 387 g/mol.